The molecule has 0 fully saturated rings. The zero-order valence-electron chi connectivity index (χ0n) is 9.61. The third-order valence-electron chi connectivity index (χ3n) is 2.14. The van der Waals surface area contributed by atoms with Crippen LogP contribution < -0.4 is 10.6 Å². The van der Waals surface area contributed by atoms with Gasteiger partial charge < -0.3 is 10.6 Å². The molecular weight excluding hydrogens is 254 g/mol. The summed E-state index contributed by atoms with van der Waals surface area (Å²) in [5, 5.41) is 8.74. The van der Waals surface area contributed by atoms with Gasteiger partial charge >= 0.3 is 0 Å². The van der Waals surface area contributed by atoms with Gasteiger partial charge in [0.25, 0.3) is 0 Å². The van der Waals surface area contributed by atoms with Gasteiger partial charge in [-0.15, -0.1) is 22.7 Å². The minimum atomic E-state index is -0.00826. The fraction of sp³-hybridized carbons (Fsp3) is 0.273. The molecule has 0 saturated carbocycles. The molecule has 0 aliphatic heterocycles. The maximum absolute atomic E-state index is 10.8. The molecule has 2 rings (SSSR count). The van der Waals surface area contributed by atoms with Gasteiger partial charge in [-0.3, -0.25) is 4.79 Å². The second kappa shape index (κ2) is 5.29. The molecule has 0 unspecified atom stereocenters. The third-order valence-corrected chi connectivity index (χ3v) is 4.11. The van der Waals surface area contributed by atoms with E-state index < -0.39 is 0 Å². The number of carbonyl (C=O) groups is 1. The van der Waals surface area contributed by atoms with Crippen molar-refractivity contribution in [2.24, 2.45) is 0 Å². The predicted molar refractivity (Wildman–Crippen MR) is 72.5 cm³/mol. The van der Waals surface area contributed by atoms with Gasteiger partial charge in [0.1, 0.15) is 0 Å². The van der Waals surface area contributed by atoms with Gasteiger partial charge in [-0.2, -0.15) is 0 Å². The van der Waals surface area contributed by atoms with Crippen LogP contribution in [0.15, 0.2) is 17.5 Å². The Morgan fingerprint density at radius 2 is 2.29 bits per heavy atom. The lowest BCUT2D eigenvalue weighted by Crippen LogP contribution is -2.17. The Bertz CT molecular complexity index is 518. The van der Waals surface area contributed by atoms with Crippen LogP contribution in [0.2, 0.25) is 0 Å². The average molecular weight is 267 g/mol. The van der Waals surface area contributed by atoms with Gasteiger partial charge in [0, 0.05) is 24.2 Å². The number of hydrogen-bond acceptors (Lipinski definition) is 5. The standard InChI is InChI=1S/C11H13N3OS2/c1-7(15)13-5-8-3-4-10(17-8)9-6-16-11(12-2)14-9/h3-4,6H,5H2,1-2H3,(H,12,14)(H,13,15). The van der Waals surface area contributed by atoms with Crippen molar-refractivity contribution in [2.75, 3.05) is 12.4 Å². The summed E-state index contributed by atoms with van der Waals surface area (Å²) in [4.78, 5) is 17.5. The molecule has 0 bridgehead atoms. The van der Waals surface area contributed by atoms with Crippen LogP contribution in [0.3, 0.4) is 0 Å². The van der Waals surface area contributed by atoms with Crippen molar-refractivity contribution in [1.29, 1.82) is 0 Å². The van der Waals surface area contributed by atoms with Crippen molar-refractivity contribution < 1.29 is 4.79 Å². The van der Waals surface area contributed by atoms with E-state index in [-0.39, 0.29) is 5.91 Å². The van der Waals surface area contributed by atoms with Crippen LogP contribution in [0.25, 0.3) is 10.6 Å². The number of amides is 1. The van der Waals surface area contributed by atoms with Gasteiger partial charge in [0.15, 0.2) is 5.13 Å². The fourth-order valence-corrected chi connectivity index (χ4v) is 2.98. The first-order valence-corrected chi connectivity index (χ1v) is 6.85. The molecule has 0 atom stereocenters. The zero-order valence-corrected chi connectivity index (χ0v) is 11.2. The molecule has 0 aliphatic rings. The van der Waals surface area contributed by atoms with Crippen LogP contribution in [0.1, 0.15) is 11.8 Å². The molecule has 0 spiro atoms. The van der Waals surface area contributed by atoms with E-state index in [1.165, 1.54) is 6.92 Å². The number of aromatic nitrogens is 1. The van der Waals surface area contributed by atoms with Crippen molar-refractivity contribution in [3.05, 3.63) is 22.4 Å². The van der Waals surface area contributed by atoms with Crippen molar-refractivity contribution >= 4 is 33.7 Å². The van der Waals surface area contributed by atoms with E-state index in [2.05, 4.69) is 15.6 Å². The number of carbonyl (C=O) groups excluding carboxylic acids is 1. The molecule has 0 aromatic carbocycles. The maximum Gasteiger partial charge on any atom is 0.217 e. The average Bonchev–Trinajstić information content (AvgIpc) is 2.94. The SMILES string of the molecule is CNc1nc(-c2ccc(CNC(C)=O)s2)cs1. The summed E-state index contributed by atoms with van der Waals surface area (Å²) in [5.41, 5.74) is 0.985. The smallest absolute Gasteiger partial charge is 0.217 e. The quantitative estimate of drug-likeness (QED) is 0.895. The Balaban J connectivity index is 2.09. The lowest BCUT2D eigenvalue weighted by Gasteiger charge is -1.97. The first kappa shape index (κ1) is 12.1. The monoisotopic (exact) mass is 267 g/mol. The second-order valence-corrected chi connectivity index (χ2v) is 5.49. The van der Waals surface area contributed by atoms with E-state index in [9.17, 15) is 4.79 Å². The van der Waals surface area contributed by atoms with E-state index in [1.807, 2.05) is 24.6 Å². The van der Waals surface area contributed by atoms with Crippen LogP contribution in [-0.4, -0.2) is 17.9 Å². The van der Waals surface area contributed by atoms with Crippen LogP contribution in [0.4, 0.5) is 5.13 Å². The molecule has 0 radical (unpaired) electrons. The number of rotatable bonds is 4. The van der Waals surface area contributed by atoms with E-state index in [0.29, 0.717) is 6.54 Å². The highest BCUT2D eigenvalue weighted by Gasteiger charge is 2.07. The first-order chi connectivity index (χ1) is 8.19. The van der Waals surface area contributed by atoms with E-state index >= 15 is 0 Å². The van der Waals surface area contributed by atoms with Crippen LogP contribution in [0.5, 0.6) is 0 Å². The molecule has 4 nitrogen and oxygen atoms in total. The van der Waals surface area contributed by atoms with E-state index in [0.717, 1.165) is 20.6 Å². The van der Waals surface area contributed by atoms with Crippen LogP contribution in [-0.2, 0) is 11.3 Å². The molecule has 2 heterocycles. The van der Waals surface area contributed by atoms with Gasteiger partial charge in [0.2, 0.25) is 5.91 Å². The number of thiophene rings is 1. The molecule has 17 heavy (non-hydrogen) atoms. The lowest BCUT2D eigenvalue weighted by atomic mass is 10.3. The Morgan fingerprint density at radius 1 is 1.47 bits per heavy atom. The summed E-state index contributed by atoms with van der Waals surface area (Å²) >= 11 is 3.24. The molecule has 1 amide bonds. The maximum atomic E-state index is 10.8. The minimum Gasteiger partial charge on any atom is -0.365 e. The van der Waals surface area contributed by atoms with Crippen molar-refractivity contribution in [3.8, 4) is 10.6 Å². The highest BCUT2D eigenvalue weighted by molar-refractivity contribution is 7.17. The summed E-state index contributed by atoms with van der Waals surface area (Å²) < 4.78 is 0. The highest BCUT2D eigenvalue weighted by Crippen LogP contribution is 2.30. The summed E-state index contributed by atoms with van der Waals surface area (Å²) in [6.07, 6.45) is 0. The summed E-state index contributed by atoms with van der Waals surface area (Å²) in [5.74, 6) is -0.00826. The molecule has 2 N–H and O–H groups in total. The Labute approximate surface area is 108 Å². The topological polar surface area (TPSA) is 54.0 Å². The molecule has 6 heteroatoms. The lowest BCUT2D eigenvalue weighted by molar-refractivity contribution is -0.119. The first-order valence-electron chi connectivity index (χ1n) is 5.16. The van der Waals surface area contributed by atoms with Gasteiger partial charge in [-0.05, 0) is 12.1 Å². The molecule has 0 saturated heterocycles. The van der Waals surface area contributed by atoms with Crippen molar-refractivity contribution in [3.63, 3.8) is 0 Å². The molecule has 90 valence electrons. The van der Waals surface area contributed by atoms with Gasteiger partial charge in [-0.1, -0.05) is 0 Å². The van der Waals surface area contributed by atoms with Gasteiger partial charge in [-0.25, -0.2) is 4.98 Å². The third kappa shape index (κ3) is 3.04. The Hall–Kier alpha value is -1.40. The predicted octanol–water partition coefficient (Wildman–Crippen LogP) is 2.55. The number of nitrogens with zero attached hydrogens (tertiary/aromatic N) is 1. The normalized spacial score (nSPS) is 10.2. The van der Waals surface area contributed by atoms with E-state index in [4.69, 9.17) is 0 Å². The van der Waals surface area contributed by atoms with Crippen molar-refractivity contribution in [1.82, 2.24) is 10.3 Å². The molecule has 0 aliphatic carbocycles. The number of anilines is 1. The largest absolute Gasteiger partial charge is 0.365 e. The second-order valence-electron chi connectivity index (χ2n) is 3.46. The van der Waals surface area contributed by atoms with Gasteiger partial charge in [0.05, 0.1) is 17.1 Å². The zero-order chi connectivity index (χ0) is 12.3. The minimum absolute atomic E-state index is 0.00826. The van der Waals surface area contributed by atoms with E-state index in [1.54, 1.807) is 22.7 Å². The molecular formula is C11H13N3OS2. The number of thiazole rings is 1. The molecule has 2 aromatic heterocycles. The summed E-state index contributed by atoms with van der Waals surface area (Å²) in [6.45, 7) is 2.11. The summed E-state index contributed by atoms with van der Waals surface area (Å²) in [7, 11) is 1.86. The fourth-order valence-electron chi connectivity index (χ4n) is 1.32. The molecule has 2 aromatic rings. The van der Waals surface area contributed by atoms with Crippen molar-refractivity contribution in [2.45, 2.75) is 13.5 Å². The summed E-state index contributed by atoms with van der Waals surface area (Å²) in [6, 6.07) is 4.06. The highest BCUT2D eigenvalue weighted by atomic mass is 32.1. The number of nitrogens with one attached hydrogen (secondary N) is 2. The van der Waals surface area contributed by atoms with Crippen LogP contribution in [0, 0.1) is 0 Å². The number of hydrogen-bond donors (Lipinski definition) is 2. The van der Waals surface area contributed by atoms with Crippen LogP contribution >= 0.6 is 22.7 Å². The Morgan fingerprint density at radius 3 is 2.94 bits per heavy atom. The Kier molecular flexibility index (Phi) is 3.75.